The molecule has 1 N–H and O–H groups in total. The number of carbonyl (C=O) groups excluding carboxylic acids is 1. The Morgan fingerprint density at radius 2 is 1.82 bits per heavy atom. The molecule has 3 aromatic heterocycles. The Balaban J connectivity index is 1.29. The highest BCUT2D eigenvalue weighted by Crippen LogP contribution is 2.26. The minimum absolute atomic E-state index is 0.198. The third kappa shape index (κ3) is 4.52. The molecule has 8 nitrogen and oxygen atoms in total. The summed E-state index contributed by atoms with van der Waals surface area (Å²) in [4.78, 5) is 19.8. The fraction of sp³-hybridized carbons (Fsp3) is 0.360. The highest BCUT2D eigenvalue weighted by Gasteiger charge is 2.23. The maximum atomic E-state index is 12.9. The average Bonchev–Trinajstić information content (AvgIpc) is 3.48. The molecule has 170 valence electrons. The van der Waals surface area contributed by atoms with E-state index in [4.69, 9.17) is 0 Å². The molecule has 1 aliphatic rings. The lowest BCUT2D eigenvalue weighted by atomic mass is 10.0. The van der Waals surface area contributed by atoms with Crippen LogP contribution in [0.2, 0.25) is 0 Å². The minimum Gasteiger partial charge on any atom is -0.306 e. The van der Waals surface area contributed by atoms with Crippen LogP contribution in [-0.2, 0) is 7.05 Å². The van der Waals surface area contributed by atoms with Crippen molar-refractivity contribution in [2.45, 2.75) is 38.8 Å². The van der Waals surface area contributed by atoms with Crippen LogP contribution >= 0.6 is 0 Å². The molecule has 1 fully saturated rings. The van der Waals surface area contributed by atoms with Crippen molar-refractivity contribution in [3.8, 4) is 11.1 Å². The zero-order valence-electron chi connectivity index (χ0n) is 19.3. The number of hydrogen-bond donors (Lipinski definition) is 1. The van der Waals surface area contributed by atoms with E-state index in [0.717, 1.165) is 47.8 Å². The van der Waals surface area contributed by atoms with Gasteiger partial charge in [0.05, 0.1) is 24.0 Å². The summed E-state index contributed by atoms with van der Waals surface area (Å²) in [6, 6.07) is 8.99. The molecule has 0 spiro atoms. The first kappa shape index (κ1) is 21.3. The largest absolute Gasteiger partial charge is 0.306 e. The molecule has 1 aliphatic heterocycles. The number of hydrogen-bond acceptors (Lipinski definition) is 5. The number of rotatable bonds is 5. The summed E-state index contributed by atoms with van der Waals surface area (Å²) in [6.45, 7) is 6.59. The summed E-state index contributed by atoms with van der Waals surface area (Å²) < 4.78 is 3.73. The molecular weight excluding hydrogens is 414 g/mol. The van der Waals surface area contributed by atoms with E-state index in [0.29, 0.717) is 23.5 Å². The predicted octanol–water partition coefficient (Wildman–Crippen LogP) is 4.13. The van der Waals surface area contributed by atoms with E-state index in [1.165, 1.54) is 0 Å². The van der Waals surface area contributed by atoms with E-state index in [2.05, 4.69) is 51.4 Å². The second-order valence-electron chi connectivity index (χ2n) is 9.06. The number of fused-ring (bicyclic) bond motifs is 1. The van der Waals surface area contributed by atoms with Crippen LogP contribution in [0.15, 0.2) is 55.2 Å². The van der Waals surface area contributed by atoms with Crippen molar-refractivity contribution in [2.24, 2.45) is 7.05 Å². The fourth-order valence-corrected chi connectivity index (χ4v) is 4.47. The Bertz CT molecular complexity index is 1280. The first-order chi connectivity index (χ1) is 16.0. The van der Waals surface area contributed by atoms with E-state index in [9.17, 15) is 4.79 Å². The number of nitrogens with one attached hydrogen (secondary N) is 1. The number of aryl methyl sites for hydroxylation is 1. The molecule has 1 aromatic carbocycles. The third-order valence-electron chi connectivity index (χ3n) is 6.47. The standard InChI is InChI=1S/C25H29N7O/c1-17(2)31-8-6-23(7-9-31)32-16-22(14-28-32)25(33)29-24-11-20-10-18(4-5-19(20)12-26-24)21-13-27-30(3)15-21/h4-5,10-17,23H,6-9H2,1-3H3,(H,26,29,33). The number of carbonyl (C=O) groups is 1. The first-order valence-electron chi connectivity index (χ1n) is 11.4. The van der Waals surface area contributed by atoms with E-state index in [1.807, 2.05) is 42.5 Å². The molecule has 4 heterocycles. The molecule has 0 aliphatic carbocycles. The van der Waals surface area contributed by atoms with Gasteiger partial charge in [-0.3, -0.25) is 14.2 Å². The van der Waals surface area contributed by atoms with Crippen molar-refractivity contribution in [1.82, 2.24) is 29.4 Å². The second kappa shape index (κ2) is 8.78. The monoisotopic (exact) mass is 443 g/mol. The Labute approximate surface area is 193 Å². The van der Waals surface area contributed by atoms with Gasteiger partial charge in [0.2, 0.25) is 0 Å². The second-order valence-corrected chi connectivity index (χ2v) is 9.06. The summed E-state index contributed by atoms with van der Waals surface area (Å²) >= 11 is 0. The van der Waals surface area contributed by atoms with Crippen molar-refractivity contribution in [2.75, 3.05) is 18.4 Å². The van der Waals surface area contributed by atoms with E-state index in [-0.39, 0.29) is 5.91 Å². The van der Waals surface area contributed by atoms with Gasteiger partial charge in [0, 0.05) is 55.7 Å². The Hall–Kier alpha value is -3.52. The molecule has 1 saturated heterocycles. The van der Waals surface area contributed by atoms with Crippen molar-refractivity contribution in [3.63, 3.8) is 0 Å². The normalized spacial score (nSPS) is 15.4. The summed E-state index contributed by atoms with van der Waals surface area (Å²) in [5.41, 5.74) is 2.67. The van der Waals surface area contributed by atoms with Crippen LogP contribution in [0.3, 0.4) is 0 Å². The highest BCUT2D eigenvalue weighted by molar-refractivity contribution is 6.04. The lowest BCUT2D eigenvalue weighted by Gasteiger charge is -2.34. The molecule has 4 aromatic rings. The molecule has 0 radical (unpaired) electrons. The molecule has 0 bridgehead atoms. The number of piperidine rings is 1. The van der Waals surface area contributed by atoms with Gasteiger partial charge in [-0.15, -0.1) is 0 Å². The minimum atomic E-state index is -0.198. The fourth-order valence-electron chi connectivity index (χ4n) is 4.47. The summed E-state index contributed by atoms with van der Waals surface area (Å²) in [5.74, 6) is 0.324. The van der Waals surface area contributed by atoms with E-state index >= 15 is 0 Å². The molecule has 5 rings (SSSR count). The topological polar surface area (TPSA) is 80.9 Å². The first-order valence-corrected chi connectivity index (χ1v) is 11.4. The van der Waals surface area contributed by atoms with Crippen LogP contribution < -0.4 is 5.32 Å². The number of benzene rings is 1. The Morgan fingerprint density at radius 3 is 2.55 bits per heavy atom. The average molecular weight is 444 g/mol. The van der Waals surface area contributed by atoms with Crippen molar-refractivity contribution in [3.05, 3.63) is 60.8 Å². The van der Waals surface area contributed by atoms with Crippen LogP contribution in [0.1, 0.15) is 43.1 Å². The quantitative estimate of drug-likeness (QED) is 0.502. The van der Waals surface area contributed by atoms with E-state index < -0.39 is 0 Å². The van der Waals surface area contributed by atoms with Crippen LogP contribution in [0.5, 0.6) is 0 Å². The van der Waals surface area contributed by atoms with Gasteiger partial charge >= 0.3 is 0 Å². The van der Waals surface area contributed by atoms with Gasteiger partial charge in [-0.2, -0.15) is 10.2 Å². The number of aromatic nitrogens is 5. The van der Waals surface area contributed by atoms with Crippen molar-refractivity contribution < 1.29 is 4.79 Å². The third-order valence-corrected chi connectivity index (χ3v) is 6.47. The van der Waals surface area contributed by atoms with Gasteiger partial charge < -0.3 is 10.2 Å². The molecule has 8 heteroatoms. The lowest BCUT2D eigenvalue weighted by Crippen LogP contribution is -2.39. The van der Waals surface area contributed by atoms with Gasteiger partial charge in [-0.25, -0.2) is 4.98 Å². The van der Waals surface area contributed by atoms with Gasteiger partial charge in [0.1, 0.15) is 5.82 Å². The van der Waals surface area contributed by atoms with Gasteiger partial charge in [-0.1, -0.05) is 12.1 Å². The molecule has 0 atom stereocenters. The smallest absolute Gasteiger partial charge is 0.260 e. The van der Waals surface area contributed by atoms with Crippen LogP contribution in [0.4, 0.5) is 5.82 Å². The van der Waals surface area contributed by atoms with Crippen LogP contribution in [-0.4, -0.2) is 54.5 Å². The predicted molar refractivity (Wildman–Crippen MR) is 129 cm³/mol. The molecule has 0 saturated carbocycles. The SMILES string of the molecule is CC(C)N1CCC(n2cc(C(=O)Nc3cc4cc(-c5cnn(C)c5)ccc4cn3)cn2)CC1. The summed E-state index contributed by atoms with van der Waals surface area (Å²) in [5, 5.41) is 13.7. The van der Waals surface area contributed by atoms with Gasteiger partial charge in [0.25, 0.3) is 5.91 Å². The maximum absolute atomic E-state index is 12.9. The molecule has 0 unspecified atom stereocenters. The zero-order valence-corrected chi connectivity index (χ0v) is 19.3. The van der Waals surface area contributed by atoms with Crippen LogP contribution in [0.25, 0.3) is 21.9 Å². The number of amides is 1. The number of nitrogens with zero attached hydrogens (tertiary/aromatic N) is 6. The number of anilines is 1. The zero-order chi connectivity index (χ0) is 22.9. The van der Waals surface area contributed by atoms with Gasteiger partial charge in [-0.05, 0) is 49.8 Å². The van der Waals surface area contributed by atoms with Crippen molar-refractivity contribution in [1.29, 1.82) is 0 Å². The molecular formula is C25H29N7O. The van der Waals surface area contributed by atoms with Crippen LogP contribution in [0, 0.1) is 0 Å². The lowest BCUT2D eigenvalue weighted by molar-refractivity contribution is 0.102. The molecule has 33 heavy (non-hydrogen) atoms. The Kier molecular flexibility index (Phi) is 5.68. The maximum Gasteiger partial charge on any atom is 0.260 e. The highest BCUT2D eigenvalue weighted by atomic mass is 16.1. The van der Waals surface area contributed by atoms with Crippen molar-refractivity contribution >= 4 is 22.5 Å². The molecule has 1 amide bonds. The summed E-state index contributed by atoms with van der Waals surface area (Å²) in [7, 11) is 1.90. The number of pyridine rings is 1. The number of likely N-dealkylation sites (tertiary alicyclic amines) is 1. The Morgan fingerprint density at radius 1 is 1.00 bits per heavy atom. The summed E-state index contributed by atoms with van der Waals surface area (Å²) in [6.07, 6.45) is 11.2. The van der Waals surface area contributed by atoms with Gasteiger partial charge in [0.15, 0.2) is 0 Å². The van der Waals surface area contributed by atoms with E-state index in [1.54, 1.807) is 17.1 Å².